The first-order valence-electron chi connectivity index (χ1n) is 7.29. The molecule has 104 valence electrons. The Morgan fingerprint density at radius 1 is 1.53 bits per heavy atom. The van der Waals surface area contributed by atoms with E-state index in [0.717, 1.165) is 25.9 Å². The molecule has 2 aliphatic rings. The van der Waals surface area contributed by atoms with Gasteiger partial charge in [-0.1, -0.05) is 6.92 Å². The summed E-state index contributed by atoms with van der Waals surface area (Å²) in [5, 5.41) is 8.64. The van der Waals surface area contributed by atoms with Crippen LogP contribution in [0.5, 0.6) is 0 Å². The van der Waals surface area contributed by atoms with Gasteiger partial charge < -0.3 is 10.6 Å². The van der Waals surface area contributed by atoms with Crippen molar-refractivity contribution < 1.29 is 4.79 Å². The molecule has 0 bridgehead atoms. The molecule has 1 aliphatic carbocycles. The number of carbonyl (C=O) groups excluding carboxylic acids is 1. The Labute approximate surface area is 118 Å². The van der Waals surface area contributed by atoms with Crippen LogP contribution in [-0.4, -0.2) is 19.0 Å². The Bertz CT molecular complexity index is 462. The van der Waals surface area contributed by atoms with Crippen LogP contribution in [0.25, 0.3) is 0 Å². The highest BCUT2D eigenvalue weighted by Crippen LogP contribution is 2.58. The molecule has 0 aromatic carbocycles. The van der Waals surface area contributed by atoms with Gasteiger partial charge in [0.1, 0.15) is 0 Å². The van der Waals surface area contributed by atoms with Crippen molar-refractivity contribution in [2.45, 2.75) is 39.2 Å². The topological polar surface area (TPSA) is 41.1 Å². The summed E-state index contributed by atoms with van der Waals surface area (Å²) in [4.78, 5) is 13.6. The smallest absolute Gasteiger partial charge is 0.223 e. The van der Waals surface area contributed by atoms with Crippen LogP contribution in [0.15, 0.2) is 11.4 Å². The second kappa shape index (κ2) is 5.25. The van der Waals surface area contributed by atoms with Crippen molar-refractivity contribution in [3.8, 4) is 0 Å². The molecule has 1 atom stereocenters. The highest BCUT2D eigenvalue weighted by Gasteiger charge is 2.57. The zero-order valence-electron chi connectivity index (χ0n) is 11.5. The van der Waals surface area contributed by atoms with Gasteiger partial charge in [-0.25, -0.2) is 0 Å². The van der Waals surface area contributed by atoms with Gasteiger partial charge in [0.25, 0.3) is 0 Å². The van der Waals surface area contributed by atoms with Gasteiger partial charge in [0.15, 0.2) is 0 Å². The van der Waals surface area contributed by atoms with Crippen LogP contribution in [0.4, 0.5) is 0 Å². The fourth-order valence-corrected chi connectivity index (χ4v) is 4.24. The number of aryl methyl sites for hydroxylation is 1. The Hall–Kier alpha value is -0.870. The van der Waals surface area contributed by atoms with E-state index in [4.69, 9.17) is 0 Å². The minimum Gasteiger partial charge on any atom is -0.351 e. The predicted octanol–water partition coefficient (Wildman–Crippen LogP) is 2.32. The quantitative estimate of drug-likeness (QED) is 0.887. The van der Waals surface area contributed by atoms with E-state index in [9.17, 15) is 4.79 Å². The molecule has 3 rings (SSSR count). The number of hydrogen-bond donors (Lipinski definition) is 2. The zero-order chi connectivity index (χ0) is 13.3. The number of rotatable bonds is 4. The van der Waals surface area contributed by atoms with Gasteiger partial charge in [-0.3, -0.25) is 4.79 Å². The van der Waals surface area contributed by atoms with Gasteiger partial charge in [0.2, 0.25) is 5.91 Å². The van der Waals surface area contributed by atoms with E-state index in [1.54, 1.807) is 11.3 Å². The van der Waals surface area contributed by atoms with Crippen LogP contribution in [0.1, 0.15) is 36.6 Å². The van der Waals surface area contributed by atoms with Crippen molar-refractivity contribution in [2.24, 2.45) is 11.3 Å². The van der Waals surface area contributed by atoms with Crippen molar-refractivity contribution in [3.05, 3.63) is 21.9 Å². The summed E-state index contributed by atoms with van der Waals surface area (Å²) in [5.41, 5.74) is 1.72. The first-order chi connectivity index (χ1) is 9.25. The fourth-order valence-electron chi connectivity index (χ4n) is 3.32. The van der Waals surface area contributed by atoms with Crippen molar-refractivity contribution in [1.29, 1.82) is 0 Å². The van der Waals surface area contributed by atoms with E-state index >= 15 is 0 Å². The second-order valence-corrected chi connectivity index (χ2v) is 6.81. The van der Waals surface area contributed by atoms with Crippen molar-refractivity contribution in [3.63, 3.8) is 0 Å². The molecule has 3 nitrogen and oxygen atoms in total. The summed E-state index contributed by atoms with van der Waals surface area (Å²) in [6.45, 7) is 5.03. The molecule has 2 fully saturated rings. The van der Waals surface area contributed by atoms with E-state index in [0.29, 0.717) is 12.0 Å². The lowest BCUT2D eigenvalue weighted by Gasteiger charge is -2.23. The molecule has 1 spiro atoms. The SMILES string of the molecule is CCc1ccsc1CNC(=O)C1CC12CCNCC2. The maximum Gasteiger partial charge on any atom is 0.223 e. The third kappa shape index (κ3) is 2.56. The molecule has 19 heavy (non-hydrogen) atoms. The van der Waals surface area contributed by atoms with Gasteiger partial charge >= 0.3 is 0 Å². The largest absolute Gasteiger partial charge is 0.351 e. The van der Waals surface area contributed by atoms with Gasteiger partial charge in [0.05, 0.1) is 6.54 Å². The van der Waals surface area contributed by atoms with Gasteiger partial charge in [-0.05, 0) is 61.2 Å². The molecule has 2 heterocycles. The molecule has 1 aromatic heterocycles. The van der Waals surface area contributed by atoms with Crippen molar-refractivity contribution in [1.82, 2.24) is 10.6 Å². The summed E-state index contributed by atoms with van der Waals surface area (Å²) in [6.07, 6.45) is 4.49. The summed E-state index contributed by atoms with van der Waals surface area (Å²) in [6, 6.07) is 2.16. The Balaban J connectivity index is 1.53. The van der Waals surface area contributed by atoms with E-state index in [1.165, 1.54) is 23.3 Å². The van der Waals surface area contributed by atoms with Crippen LogP contribution in [-0.2, 0) is 17.8 Å². The Morgan fingerprint density at radius 3 is 3.05 bits per heavy atom. The number of piperidine rings is 1. The number of amides is 1. The highest BCUT2D eigenvalue weighted by atomic mass is 32.1. The monoisotopic (exact) mass is 278 g/mol. The van der Waals surface area contributed by atoms with Crippen LogP contribution in [0, 0.1) is 11.3 Å². The number of nitrogens with one attached hydrogen (secondary N) is 2. The van der Waals surface area contributed by atoms with Crippen LogP contribution in [0.2, 0.25) is 0 Å². The fraction of sp³-hybridized carbons (Fsp3) is 0.667. The molecule has 1 amide bonds. The molecule has 0 radical (unpaired) electrons. The molecule has 1 aromatic rings. The van der Waals surface area contributed by atoms with Crippen LogP contribution >= 0.6 is 11.3 Å². The molecule has 4 heteroatoms. The highest BCUT2D eigenvalue weighted by molar-refractivity contribution is 7.10. The zero-order valence-corrected chi connectivity index (χ0v) is 12.3. The Kier molecular flexibility index (Phi) is 3.63. The average molecular weight is 278 g/mol. The maximum absolute atomic E-state index is 12.2. The lowest BCUT2D eigenvalue weighted by molar-refractivity contribution is -0.123. The molecule has 1 unspecified atom stereocenters. The van der Waals surface area contributed by atoms with Gasteiger partial charge in [0, 0.05) is 10.8 Å². The third-order valence-corrected chi connectivity index (χ3v) is 5.71. The number of carbonyl (C=O) groups is 1. The van der Waals surface area contributed by atoms with Crippen molar-refractivity contribution in [2.75, 3.05) is 13.1 Å². The first-order valence-corrected chi connectivity index (χ1v) is 8.17. The number of hydrogen-bond acceptors (Lipinski definition) is 3. The first kappa shape index (κ1) is 13.1. The van der Waals surface area contributed by atoms with Crippen LogP contribution in [0.3, 0.4) is 0 Å². The summed E-state index contributed by atoms with van der Waals surface area (Å²) < 4.78 is 0. The second-order valence-electron chi connectivity index (χ2n) is 5.81. The summed E-state index contributed by atoms with van der Waals surface area (Å²) >= 11 is 1.75. The third-order valence-electron chi connectivity index (χ3n) is 4.75. The molecule has 1 saturated heterocycles. The molecular formula is C15H22N2OS. The minimum absolute atomic E-state index is 0.275. The molecule has 1 saturated carbocycles. The lowest BCUT2D eigenvalue weighted by atomic mass is 9.92. The van der Waals surface area contributed by atoms with E-state index in [-0.39, 0.29) is 11.8 Å². The standard InChI is InChI=1S/C15H22N2OS/c1-2-11-3-8-19-13(11)10-17-14(18)12-9-15(12)4-6-16-7-5-15/h3,8,12,16H,2,4-7,9-10H2,1H3,(H,17,18). The normalized spacial score (nSPS) is 24.4. The summed E-state index contributed by atoms with van der Waals surface area (Å²) in [7, 11) is 0. The van der Waals surface area contributed by atoms with E-state index in [2.05, 4.69) is 29.0 Å². The van der Waals surface area contributed by atoms with E-state index in [1.807, 2.05) is 0 Å². The van der Waals surface area contributed by atoms with E-state index < -0.39 is 0 Å². The van der Waals surface area contributed by atoms with Gasteiger partial charge in [-0.2, -0.15) is 0 Å². The van der Waals surface area contributed by atoms with Gasteiger partial charge in [-0.15, -0.1) is 11.3 Å². The predicted molar refractivity (Wildman–Crippen MR) is 78.2 cm³/mol. The average Bonchev–Trinajstić information content (AvgIpc) is 2.94. The van der Waals surface area contributed by atoms with Crippen molar-refractivity contribution >= 4 is 17.2 Å². The van der Waals surface area contributed by atoms with Crippen LogP contribution < -0.4 is 10.6 Å². The molecule has 2 N–H and O–H groups in total. The molecular weight excluding hydrogens is 256 g/mol. The lowest BCUT2D eigenvalue weighted by Crippen LogP contribution is -2.33. The number of thiophene rings is 1. The molecule has 1 aliphatic heterocycles. The summed E-state index contributed by atoms with van der Waals surface area (Å²) in [5.74, 6) is 0.553. The maximum atomic E-state index is 12.2. The Morgan fingerprint density at radius 2 is 2.32 bits per heavy atom. The minimum atomic E-state index is 0.275.